The van der Waals surface area contributed by atoms with Gasteiger partial charge in [-0.3, -0.25) is 13.9 Å². The average Bonchev–Trinajstić information content (AvgIpc) is 2.80. The van der Waals surface area contributed by atoms with Gasteiger partial charge in [0.1, 0.15) is 12.6 Å². The van der Waals surface area contributed by atoms with Crippen LogP contribution in [0.4, 0.5) is 5.69 Å². The molecule has 0 saturated heterocycles. The zero-order valence-corrected chi connectivity index (χ0v) is 21.6. The molecule has 0 aliphatic rings. The number of hydrogen-bond donors (Lipinski definition) is 1. The molecule has 0 heterocycles. The predicted octanol–water partition coefficient (Wildman–Crippen LogP) is 3.91. The molecule has 34 heavy (non-hydrogen) atoms. The van der Waals surface area contributed by atoms with Crippen LogP contribution in [-0.4, -0.2) is 50.5 Å². The summed E-state index contributed by atoms with van der Waals surface area (Å²) in [6.45, 7) is 8.16. The first-order chi connectivity index (χ1) is 16.0. The first-order valence-electron chi connectivity index (χ1n) is 11.7. The van der Waals surface area contributed by atoms with Gasteiger partial charge in [0.15, 0.2) is 0 Å². The van der Waals surface area contributed by atoms with Crippen LogP contribution in [0.5, 0.6) is 0 Å². The lowest BCUT2D eigenvalue weighted by Crippen LogP contribution is -2.51. The molecule has 1 atom stereocenters. The normalized spacial score (nSPS) is 12.3. The van der Waals surface area contributed by atoms with Crippen LogP contribution in [0.3, 0.4) is 0 Å². The summed E-state index contributed by atoms with van der Waals surface area (Å²) in [4.78, 5) is 27.7. The number of hydrogen-bond acceptors (Lipinski definition) is 4. The summed E-state index contributed by atoms with van der Waals surface area (Å²) >= 11 is 0. The van der Waals surface area contributed by atoms with Crippen molar-refractivity contribution in [1.82, 2.24) is 10.2 Å². The summed E-state index contributed by atoms with van der Waals surface area (Å²) in [5.41, 5.74) is 2.35. The van der Waals surface area contributed by atoms with Gasteiger partial charge in [0.05, 0.1) is 11.9 Å². The number of nitrogens with zero attached hydrogens (tertiary/aromatic N) is 2. The Labute approximate surface area is 204 Å². The zero-order chi connectivity index (χ0) is 25.3. The van der Waals surface area contributed by atoms with E-state index in [9.17, 15) is 18.0 Å². The van der Waals surface area contributed by atoms with Crippen LogP contribution >= 0.6 is 0 Å². The number of carbonyl (C=O) groups excluding carboxylic acids is 2. The van der Waals surface area contributed by atoms with Crippen molar-refractivity contribution >= 4 is 27.5 Å². The van der Waals surface area contributed by atoms with Gasteiger partial charge in [0.2, 0.25) is 21.8 Å². The van der Waals surface area contributed by atoms with Crippen molar-refractivity contribution < 1.29 is 18.0 Å². The summed E-state index contributed by atoms with van der Waals surface area (Å²) in [6.07, 6.45) is 2.87. The van der Waals surface area contributed by atoms with E-state index >= 15 is 0 Å². The molecule has 0 radical (unpaired) electrons. The standard InChI is InChI=1S/C26H37N3O4S/c1-6-7-17-27-26(31)21(4)28(18-22-11-9-8-10-12-22)25(30)19-29(34(5,32)33)24-15-13-23(14-16-24)20(2)3/h8-16,20-21H,6-7,17-19H2,1-5H3,(H,27,31). The molecule has 0 fully saturated rings. The summed E-state index contributed by atoms with van der Waals surface area (Å²) in [6, 6.07) is 15.8. The molecule has 1 N–H and O–H groups in total. The lowest BCUT2D eigenvalue weighted by molar-refractivity contribution is -0.139. The average molecular weight is 488 g/mol. The number of benzene rings is 2. The highest BCUT2D eigenvalue weighted by Crippen LogP contribution is 2.22. The second kappa shape index (κ2) is 12.6. The largest absolute Gasteiger partial charge is 0.354 e. The Morgan fingerprint density at radius 2 is 1.59 bits per heavy atom. The molecule has 0 saturated carbocycles. The van der Waals surface area contributed by atoms with Gasteiger partial charge in [0.25, 0.3) is 0 Å². The molecule has 8 heteroatoms. The number of anilines is 1. The topological polar surface area (TPSA) is 86.8 Å². The minimum Gasteiger partial charge on any atom is -0.354 e. The first-order valence-corrected chi connectivity index (χ1v) is 13.6. The molecule has 2 aromatic carbocycles. The second-order valence-electron chi connectivity index (χ2n) is 8.84. The molecule has 2 aromatic rings. The third-order valence-corrected chi connectivity index (χ3v) is 6.86. The van der Waals surface area contributed by atoms with Crippen LogP contribution in [-0.2, 0) is 26.2 Å². The van der Waals surface area contributed by atoms with Gasteiger partial charge in [-0.2, -0.15) is 0 Å². The lowest BCUT2D eigenvalue weighted by Gasteiger charge is -2.31. The van der Waals surface area contributed by atoms with E-state index in [2.05, 4.69) is 19.2 Å². The van der Waals surface area contributed by atoms with E-state index in [1.54, 1.807) is 19.1 Å². The molecule has 0 spiro atoms. The van der Waals surface area contributed by atoms with Crippen LogP contribution in [0, 0.1) is 0 Å². The Balaban J connectivity index is 2.32. The Morgan fingerprint density at radius 1 is 0.971 bits per heavy atom. The van der Waals surface area contributed by atoms with E-state index < -0.39 is 22.0 Å². The maximum atomic E-state index is 13.5. The molecule has 186 valence electrons. The summed E-state index contributed by atoms with van der Waals surface area (Å²) < 4.78 is 26.3. The van der Waals surface area contributed by atoms with Crippen LogP contribution in [0.25, 0.3) is 0 Å². The van der Waals surface area contributed by atoms with Gasteiger partial charge in [-0.25, -0.2) is 8.42 Å². The van der Waals surface area contributed by atoms with Crippen LogP contribution in [0.1, 0.15) is 57.6 Å². The molecule has 0 aliphatic carbocycles. The van der Waals surface area contributed by atoms with Crippen molar-refractivity contribution in [2.45, 2.75) is 59.0 Å². The molecule has 2 rings (SSSR count). The first kappa shape index (κ1) is 27.4. The van der Waals surface area contributed by atoms with Crippen molar-refractivity contribution in [1.29, 1.82) is 0 Å². The molecule has 0 aliphatic heterocycles. The molecule has 0 bridgehead atoms. The fourth-order valence-corrected chi connectivity index (χ4v) is 4.39. The van der Waals surface area contributed by atoms with Gasteiger partial charge in [-0.05, 0) is 42.5 Å². The minimum absolute atomic E-state index is 0.200. The third-order valence-electron chi connectivity index (χ3n) is 5.72. The van der Waals surface area contributed by atoms with Crippen molar-refractivity contribution in [3.8, 4) is 0 Å². The molecule has 2 amide bonds. The number of rotatable bonds is 12. The second-order valence-corrected chi connectivity index (χ2v) is 10.8. The monoisotopic (exact) mass is 487 g/mol. The van der Waals surface area contributed by atoms with E-state index in [1.807, 2.05) is 49.4 Å². The predicted molar refractivity (Wildman–Crippen MR) is 137 cm³/mol. The molecule has 0 aromatic heterocycles. The maximum absolute atomic E-state index is 13.5. The fourth-order valence-electron chi connectivity index (χ4n) is 3.54. The van der Waals surface area contributed by atoms with Gasteiger partial charge in [0, 0.05) is 13.1 Å². The van der Waals surface area contributed by atoms with Crippen LogP contribution in [0.2, 0.25) is 0 Å². The Kier molecular flexibility index (Phi) is 10.1. The minimum atomic E-state index is -3.73. The molecule has 7 nitrogen and oxygen atoms in total. The highest BCUT2D eigenvalue weighted by Gasteiger charge is 2.30. The number of nitrogens with one attached hydrogen (secondary N) is 1. The van der Waals surface area contributed by atoms with E-state index in [0.29, 0.717) is 18.2 Å². The van der Waals surface area contributed by atoms with Crippen molar-refractivity contribution in [3.05, 3.63) is 65.7 Å². The summed E-state index contributed by atoms with van der Waals surface area (Å²) in [7, 11) is -3.73. The number of unbranched alkanes of at least 4 members (excludes halogenated alkanes) is 1. The lowest BCUT2D eigenvalue weighted by atomic mass is 10.0. The van der Waals surface area contributed by atoms with E-state index in [4.69, 9.17) is 0 Å². The van der Waals surface area contributed by atoms with Crippen molar-refractivity contribution in [2.75, 3.05) is 23.7 Å². The fraction of sp³-hybridized carbons (Fsp3) is 0.462. The SMILES string of the molecule is CCCCNC(=O)C(C)N(Cc1ccccc1)C(=O)CN(c1ccc(C(C)C)cc1)S(C)(=O)=O. The Hall–Kier alpha value is -2.87. The molecular weight excluding hydrogens is 450 g/mol. The zero-order valence-electron chi connectivity index (χ0n) is 20.8. The van der Waals surface area contributed by atoms with Gasteiger partial charge in [-0.1, -0.05) is 69.7 Å². The van der Waals surface area contributed by atoms with E-state index in [-0.39, 0.29) is 19.0 Å². The number of amides is 2. The van der Waals surface area contributed by atoms with Gasteiger partial charge < -0.3 is 10.2 Å². The molecule has 1 unspecified atom stereocenters. The van der Waals surface area contributed by atoms with Gasteiger partial charge in [-0.15, -0.1) is 0 Å². The highest BCUT2D eigenvalue weighted by atomic mass is 32.2. The van der Waals surface area contributed by atoms with Crippen LogP contribution < -0.4 is 9.62 Å². The van der Waals surface area contributed by atoms with E-state index in [0.717, 1.165) is 34.5 Å². The van der Waals surface area contributed by atoms with Gasteiger partial charge >= 0.3 is 0 Å². The van der Waals surface area contributed by atoms with Crippen molar-refractivity contribution in [3.63, 3.8) is 0 Å². The Bertz CT molecular complexity index is 1040. The highest BCUT2D eigenvalue weighted by molar-refractivity contribution is 7.92. The maximum Gasteiger partial charge on any atom is 0.244 e. The smallest absolute Gasteiger partial charge is 0.244 e. The van der Waals surface area contributed by atoms with E-state index in [1.165, 1.54) is 4.90 Å². The number of sulfonamides is 1. The Morgan fingerprint density at radius 3 is 2.12 bits per heavy atom. The third kappa shape index (κ3) is 7.87. The quantitative estimate of drug-likeness (QED) is 0.460. The number of carbonyl (C=O) groups is 2. The summed E-state index contributed by atoms with van der Waals surface area (Å²) in [5, 5.41) is 2.87. The summed E-state index contributed by atoms with van der Waals surface area (Å²) in [5.74, 6) is -0.402. The van der Waals surface area contributed by atoms with Crippen LogP contribution in [0.15, 0.2) is 54.6 Å². The molecular formula is C26H37N3O4S. The van der Waals surface area contributed by atoms with Crippen molar-refractivity contribution in [2.24, 2.45) is 0 Å².